The van der Waals surface area contributed by atoms with Gasteiger partial charge in [-0.1, -0.05) is 13.8 Å². The molecule has 0 aliphatic heterocycles. The lowest BCUT2D eigenvalue weighted by Gasteiger charge is -2.00. The fourth-order valence-corrected chi connectivity index (χ4v) is 2.20. The fourth-order valence-electron chi connectivity index (χ4n) is 1.03. The van der Waals surface area contributed by atoms with Crippen LogP contribution in [0.25, 0.3) is 0 Å². The Kier molecular flexibility index (Phi) is 3.94. The molecule has 0 fully saturated rings. The van der Waals surface area contributed by atoms with Crippen molar-refractivity contribution in [2.45, 2.75) is 18.9 Å². The van der Waals surface area contributed by atoms with Crippen LogP contribution < -0.4 is 0 Å². The molecule has 6 nitrogen and oxygen atoms in total. The van der Waals surface area contributed by atoms with E-state index in [-0.39, 0.29) is 11.0 Å². The van der Waals surface area contributed by atoms with Gasteiger partial charge < -0.3 is 4.42 Å². The van der Waals surface area contributed by atoms with Gasteiger partial charge in [0.25, 0.3) is 0 Å². The number of carbonyl (C=O) groups excluding carboxylic acids is 1. The van der Waals surface area contributed by atoms with Crippen LogP contribution in [0.4, 0.5) is 0 Å². The monoisotopic (exact) mass is 245 g/mol. The Labute approximate surface area is 94.2 Å². The number of hydrogen-bond acceptors (Lipinski definition) is 5. The van der Waals surface area contributed by atoms with Crippen molar-refractivity contribution in [3.8, 4) is 0 Å². The zero-order chi connectivity index (χ0) is 12.3. The van der Waals surface area contributed by atoms with Crippen LogP contribution >= 0.6 is 0 Å². The van der Waals surface area contributed by atoms with Crippen LogP contribution in [0.5, 0.6) is 0 Å². The van der Waals surface area contributed by atoms with E-state index in [4.69, 9.17) is 4.42 Å². The molecule has 16 heavy (non-hydrogen) atoms. The van der Waals surface area contributed by atoms with E-state index in [2.05, 4.69) is 0 Å². The topological polar surface area (TPSA) is 90.4 Å². The third-order valence-electron chi connectivity index (χ3n) is 1.67. The summed E-state index contributed by atoms with van der Waals surface area (Å²) in [7, 11) is -1.36. The van der Waals surface area contributed by atoms with E-state index in [0.29, 0.717) is 5.75 Å². The Balaban J connectivity index is 2.83. The number of rotatable bonds is 4. The van der Waals surface area contributed by atoms with Gasteiger partial charge in [-0.15, -0.1) is 0 Å². The van der Waals surface area contributed by atoms with Crippen molar-refractivity contribution >= 4 is 16.7 Å². The maximum absolute atomic E-state index is 11.6. The molecule has 1 unspecified atom stereocenters. The summed E-state index contributed by atoms with van der Waals surface area (Å²) in [6, 6.07) is 2.49. The van der Waals surface area contributed by atoms with Gasteiger partial charge in [-0.2, -0.15) is 0 Å². The summed E-state index contributed by atoms with van der Waals surface area (Å²) in [5, 5.41) is 10.3. The summed E-state index contributed by atoms with van der Waals surface area (Å²) in [4.78, 5) is 20.0. The number of furan rings is 1. The predicted octanol–water partition coefficient (Wildman–Crippen LogP) is 1.46. The van der Waals surface area contributed by atoms with Crippen LogP contribution in [0.1, 0.15) is 24.4 Å². The number of nitro groups is 1. The third-order valence-corrected chi connectivity index (χ3v) is 3.30. The highest BCUT2D eigenvalue weighted by Crippen LogP contribution is 2.14. The maximum atomic E-state index is 11.6. The molecule has 0 aliphatic carbocycles. The largest absolute Gasteiger partial charge is 0.511 e. The van der Waals surface area contributed by atoms with Crippen molar-refractivity contribution in [2.24, 2.45) is 5.92 Å². The first-order valence-corrected chi connectivity index (χ1v) is 5.90. The standard InChI is InChI=1S/C9H11NO5S/c1-6(2)5-16(14)8-4-3-7(15-8)9(11)10(12)13/h3-4,6H,5H2,1-2H3. The highest BCUT2D eigenvalue weighted by Gasteiger charge is 2.24. The average molecular weight is 245 g/mol. The van der Waals surface area contributed by atoms with Gasteiger partial charge in [-0.05, 0) is 18.1 Å². The molecular weight excluding hydrogens is 234 g/mol. The molecule has 0 saturated heterocycles. The molecule has 0 N–H and O–H groups in total. The van der Waals surface area contributed by atoms with Gasteiger partial charge in [-0.25, -0.2) is 4.79 Å². The lowest BCUT2D eigenvalue weighted by Crippen LogP contribution is -2.10. The summed E-state index contributed by atoms with van der Waals surface area (Å²) >= 11 is 0. The molecule has 0 radical (unpaired) electrons. The lowest BCUT2D eigenvalue weighted by molar-refractivity contribution is -0.376. The minimum atomic E-state index is -1.36. The van der Waals surface area contributed by atoms with E-state index in [1.807, 2.05) is 13.8 Å². The van der Waals surface area contributed by atoms with E-state index < -0.39 is 27.4 Å². The third kappa shape index (κ3) is 2.99. The second kappa shape index (κ2) is 5.02. The number of nitrogens with zero attached hydrogens (tertiary/aromatic N) is 1. The SMILES string of the molecule is CC(C)CS(=O)c1ccc(C(=O)[N+](=O)[O-])o1. The highest BCUT2D eigenvalue weighted by atomic mass is 32.2. The summed E-state index contributed by atoms with van der Waals surface area (Å²) in [6.45, 7) is 3.79. The number of hydrogen-bond donors (Lipinski definition) is 0. The highest BCUT2D eigenvalue weighted by molar-refractivity contribution is 7.84. The van der Waals surface area contributed by atoms with Crippen molar-refractivity contribution in [1.29, 1.82) is 0 Å². The smallest absolute Gasteiger partial charge is 0.437 e. The molecule has 88 valence electrons. The molecule has 0 aliphatic rings. The van der Waals surface area contributed by atoms with E-state index in [1.165, 1.54) is 12.1 Å². The summed E-state index contributed by atoms with van der Waals surface area (Å²) in [6.07, 6.45) is 0. The normalized spacial score (nSPS) is 12.7. The van der Waals surface area contributed by atoms with Gasteiger partial charge in [0, 0.05) is 5.75 Å². The molecule has 7 heteroatoms. The van der Waals surface area contributed by atoms with Crippen molar-refractivity contribution in [3.63, 3.8) is 0 Å². The first kappa shape index (κ1) is 12.6. The number of amides is 1. The van der Waals surface area contributed by atoms with E-state index in [0.717, 1.165) is 0 Å². The van der Waals surface area contributed by atoms with Gasteiger partial charge in [0.05, 0.1) is 10.8 Å². The Morgan fingerprint density at radius 1 is 1.56 bits per heavy atom. The Hall–Kier alpha value is -1.50. The molecule has 1 atom stereocenters. The second-order valence-corrected chi connectivity index (χ2v) is 5.01. The van der Waals surface area contributed by atoms with Crippen molar-refractivity contribution < 1.29 is 18.3 Å². The molecular formula is C9H11NO5S. The second-order valence-electron chi connectivity index (χ2n) is 3.59. The lowest BCUT2D eigenvalue weighted by atomic mass is 10.3. The molecule has 0 spiro atoms. The van der Waals surface area contributed by atoms with Gasteiger partial charge in [0.15, 0.2) is 5.09 Å². The van der Waals surface area contributed by atoms with Crippen molar-refractivity contribution in [3.05, 3.63) is 28.0 Å². The molecule has 1 aromatic rings. The molecule has 0 bridgehead atoms. The zero-order valence-electron chi connectivity index (χ0n) is 8.84. The molecule has 1 aromatic heterocycles. The van der Waals surface area contributed by atoms with Crippen molar-refractivity contribution in [1.82, 2.24) is 0 Å². The molecule has 1 heterocycles. The van der Waals surface area contributed by atoms with Gasteiger partial charge in [-0.3, -0.25) is 14.3 Å². The Morgan fingerprint density at radius 2 is 2.19 bits per heavy atom. The summed E-state index contributed by atoms with van der Waals surface area (Å²) in [5.41, 5.74) is 0. The molecule has 1 amide bonds. The quantitative estimate of drug-likeness (QED) is 0.591. The van der Waals surface area contributed by atoms with E-state index in [1.54, 1.807) is 0 Å². The fraction of sp³-hybridized carbons (Fsp3) is 0.444. The first-order chi connectivity index (χ1) is 7.41. The van der Waals surface area contributed by atoms with E-state index >= 15 is 0 Å². The molecule has 0 saturated carbocycles. The summed E-state index contributed by atoms with van der Waals surface area (Å²) < 4.78 is 16.5. The van der Waals surface area contributed by atoms with Crippen LogP contribution in [-0.2, 0) is 10.8 Å². The summed E-state index contributed by atoms with van der Waals surface area (Å²) in [5.74, 6) is -1.12. The van der Waals surface area contributed by atoms with Gasteiger partial charge >= 0.3 is 5.91 Å². The average Bonchev–Trinajstić information content (AvgIpc) is 2.63. The molecule has 1 rings (SSSR count). The first-order valence-electron chi connectivity index (χ1n) is 4.58. The van der Waals surface area contributed by atoms with E-state index in [9.17, 15) is 19.1 Å². The zero-order valence-corrected chi connectivity index (χ0v) is 9.65. The van der Waals surface area contributed by atoms with Crippen LogP contribution in [0.3, 0.4) is 0 Å². The number of carbonyl (C=O) groups is 1. The van der Waals surface area contributed by atoms with Crippen LogP contribution in [0, 0.1) is 16.0 Å². The van der Waals surface area contributed by atoms with Crippen molar-refractivity contribution in [2.75, 3.05) is 5.75 Å². The Morgan fingerprint density at radius 3 is 2.69 bits per heavy atom. The predicted molar refractivity (Wildman–Crippen MR) is 56.1 cm³/mol. The maximum Gasteiger partial charge on any atom is 0.511 e. The van der Waals surface area contributed by atoms with Crippen LogP contribution in [-0.4, -0.2) is 20.8 Å². The van der Waals surface area contributed by atoms with Gasteiger partial charge in [0.1, 0.15) is 4.92 Å². The van der Waals surface area contributed by atoms with Crippen LogP contribution in [0.15, 0.2) is 21.6 Å². The molecule has 0 aromatic carbocycles. The van der Waals surface area contributed by atoms with Gasteiger partial charge in [0.2, 0.25) is 5.76 Å². The minimum Gasteiger partial charge on any atom is -0.437 e. The van der Waals surface area contributed by atoms with Crippen LogP contribution in [0.2, 0.25) is 0 Å². The minimum absolute atomic E-state index is 0.0962. The Bertz CT molecular complexity index is 437.